The Kier molecular flexibility index (Phi) is 3.90. The highest BCUT2D eigenvalue weighted by molar-refractivity contribution is 5.98. The van der Waals surface area contributed by atoms with Crippen LogP contribution in [0.5, 0.6) is 5.75 Å². The van der Waals surface area contributed by atoms with E-state index >= 15 is 0 Å². The maximum Gasteiger partial charge on any atom is 0.374 e. The number of benzene rings is 1. The molecule has 0 fully saturated rings. The highest BCUT2D eigenvalue weighted by atomic mass is 16.5. The lowest BCUT2D eigenvalue weighted by Crippen LogP contribution is -2.04. The fourth-order valence-electron chi connectivity index (χ4n) is 1.93. The minimum absolute atomic E-state index is 0.228. The van der Waals surface area contributed by atoms with Crippen LogP contribution in [0.15, 0.2) is 35.3 Å². The van der Waals surface area contributed by atoms with Crippen molar-refractivity contribution in [3.63, 3.8) is 0 Å². The van der Waals surface area contributed by atoms with Gasteiger partial charge in [0.25, 0.3) is 0 Å². The normalized spacial score (nSPS) is 10.4. The van der Waals surface area contributed by atoms with Crippen molar-refractivity contribution in [2.75, 3.05) is 13.2 Å². The zero-order valence-corrected chi connectivity index (χ0v) is 11.1. The summed E-state index contributed by atoms with van der Waals surface area (Å²) in [5, 5.41) is 0.799. The summed E-state index contributed by atoms with van der Waals surface area (Å²) >= 11 is 0. The van der Waals surface area contributed by atoms with Gasteiger partial charge in [0, 0.05) is 5.56 Å². The Morgan fingerprint density at radius 1 is 1.47 bits per heavy atom. The summed E-state index contributed by atoms with van der Waals surface area (Å²) in [6.07, 6.45) is 1.67. The number of carbonyl (C=O) groups excluding carboxylic acids is 1. The number of fused-ring (bicyclic) bond motifs is 1. The van der Waals surface area contributed by atoms with Crippen LogP contribution in [-0.2, 0) is 4.74 Å². The standard InChI is InChI=1S/C15H16O4/c1-4-9-18-11-7-6-8-12-13(11)10(3)14(19-12)15(16)17-5-2/h4,6-8H,1,5,9H2,2-3H3. The molecule has 1 aromatic heterocycles. The molecule has 0 aliphatic carbocycles. The minimum Gasteiger partial charge on any atom is -0.489 e. The molecule has 1 aromatic carbocycles. The van der Waals surface area contributed by atoms with Crippen molar-refractivity contribution in [3.05, 3.63) is 42.2 Å². The first-order chi connectivity index (χ1) is 9.19. The lowest BCUT2D eigenvalue weighted by molar-refractivity contribution is 0.0491. The van der Waals surface area contributed by atoms with Crippen LogP contribution >= 0.6 is 0 Å². The molecule has 0 saturated carbocycles. The van der Waals surface area contributed by atoms with Crippen LogP contribution in [0, 0.1) is 6.92 Å². The molecule has 0 aliphatic heterocycles. The van der Waals surface area contributed by atoms with Crippen molar-refractivity contribution in [2.45, 2.75) is 13.8 Å². The second kappa shape index (κ2) is 5.61. The molecule has 2 rings (SSSR count). The molecule has 0 amide bonds. The summed E-state index contributed by atoms with van der Waals surface area (Å²) < 4.78 is 16.1. The Bertz CT molecular complexity index is 610. The first kappa shape index (κ1) is 13.2. The average Bonchev–Trinajstić information content (AvgIpc) is 2.75. The second-order valence-electron chi connectivity index (χ2n) is 4.01. The summed E-state index contributed by atoms with van der Waals surface area (Å²) in [4.78, 5) is 11.8. The molecular formula is C15H16O4. The van der Waals surface area contributed by atoms with Crippen molar-refractivity contribution in [1.82, 2.24) is 0 Å². The third-order valence-corrected chi connectivity index (χ3v) is 2.73. The first-order valence-corrected chi connectivity index (χ1v) is 6.12. The van der Waals surface area contributed by atoms with Gasteiger partial charge >= 0.3 is 5.97 Å². The average molecular weight is 260 g/mol. The van der Waals surface area contributed by atoms with Gasteiger partial charge in [-0.2, -0.15) is 0 Å². The Balaban J connectivity index is 2.50. The van der Waals surface area contributed by atoms with E-state index in [1.54, 1.807) is 19.1 Å². The van der Waals surface area contributed by atoms with E-state index in [9.17, 15) is 4.79 Å². The van der Waals surface area contributed by atoms with Gasteiger partial charge in [0.1, 0.15) is 17.9 Å². The molecule has 0 spiro atoms. The van der Waals surface area contributed by atoms with Crippen LogP contribution in [0.2, 0.25) is 0 Å². The third-order valence-electron chi connectivity index (χ3n) is 2.73. The Labute approximate surface area is 111 Å². The van der Waals surface area contributed by atoms with E-state index in [1.165, 1.54) is 0 Å². The molecule has 100 valence electrons. The van der Waals surface area contributed by atoms with Crippen molar-refractivity contribution in [1.29, 1.82) is 0 Å². The van der Waals surface area contributed by atoms with E-state index in [4.69, 9.17) is 13.9 Å². The topological polar surface area (TPSA) is 48.7 Å². The fraction of sp³-hybridized carbons (Fsp3) is 0.267. The van der Waals surface area contributed by atoms with Gasteiger partial charge in [-0.15, -0.1) is 0 Å². The van der Waals surface area contributed by atoms with Crippen LogP contribution in [0.4, 0.5) is 0 Å². The van der Waals surface area contributed by atoms with E-state index in [0.29, 0.717) is 24.5 Å². The largest absolute Gasteiger partial charge is 0.489 e. The maximum absolute atomic E-state index is 11.8. The van der Waals surface area contributed by atoms with Gasteiger partial charge in [-0.05, 0) is 26.0 Å². The van der Waals surface area contributed by atoms with Crippen molar-refractivity contribution >= 4 is 16.9 Å². The van der Waals surface area contributed by atoms with Crippen LogP contribution in [0.1, 0.15) is 23.0 Å². The summed E-state index contributed by atoms with van der Waals surface area (Å²) in [5.74, 6) is 0.451. The molecule has 0 aliphatic rings. The van der Waals surface area contributed by atoms with E-state index in [-0.39, 0.29) is 5.76 Å². The molecule has 0 saturated heterocycles. The molecule has 19 heavy (non-hydrogen) atoms. The number of furan rings is 1. The Morgan fingerprint density at radius 3 is 2.95 bits per heavy atom. The van der Waals surface area contributed by atoms with E-state index < -0.39 is 5.97 Å². The van der Waals surface area contributed by atoms with Crippen LogP contribution in [0.25, 0.3) is 11.0 Å². The highest BCUT2D eigenvalue weighted by Crippen LogP contribution is 2.33. The number of hydrogen-bond donors (Lipinski definition) is 0. The molecule has 0 bridgehead atoms. The van der Waals surface area contributed by atoms with Crippen LogP contribution in [0.3, 0.4) is 0 Å². The van der Waals surface area contributed by atoms with Gasteiger partial charge in [0.15, 0.2) is 0 Å². The maximum atomic E-state index is 11.8. The van der Waals surface area contributed by atoms with E-state index in [2.05, 4.69) is 6.58 Å². The number of rotatable bonds is 5. The Morgan fingerprint density at radius 2 is 2.26 bits per heavy atom. The van der Waals surface area contributed by atoms with Crippen molar-refractivity contribution < 1.29 is 18.7 Å². The molecule has 0 unspecified atom stereocenters. The molecular weight excluding hydrogens is 244 g/mol. The second-order valence-corrected chi connectivity index (χ2v) is 4.01. The van der Waals surface area contributed by atoms with Crippen molar-refractivity contribution in [2.24, 2.45) is 0 Å². The number of carbonyl (C=O) groups is 1. The lowest BCUT2D eigenvalue weighted by Gasteiger charge is -2.04. The highest BCUT2D eigenvalue weighted by Gasteiger charge is 2.20. The van der Waals surface area contributed by atoms with Gasteiger partial charge in [0.2, 0.25) is 5.76 Å². The van der Waals surface area contributed by atoms with E-state index in [0.717, 1.165) is 10.9 Å². The van der Waals surface area contributed by atoms with Crippen LogP contribution < -0.4 is 4.74 Å². The van der Waals surface area contributed by atoms with Gasteiger partial charge in [0.05, 0.1) is 12.0 Å². The molecule has 4 nitrogen and oxygen atoms in total. The predicted octanol–water partition coefficient (Wildman–Crippen LogP) is 3.48. The monoisotopic (exact) mass is 260 g/mol. The summed E-state index contributed by atoms with van der Waals surface area (Å²) in [6, 6.07) is 5.45. The number of esters is 1. The van der Waals surface area contributed by atoms with Gasteiger partial charge < -0.3 is 13.9 Å². The molecule has 4 heteroatoms. The fourth-order valence-corrected chi connectivity index (χ4v) is 1.93. The lowest BCUT2D eigenvalue weighted by atomic mass is 10.1. The summed E-state index contributed by atoms with van der Waals surface area (Å²) in [7, 11) is 0. The van der Waals surface area contributed by atoms with Crippen molar-refractivity contribution in [3.8, 4) is 5.75 Å². The SMILES string of the molecule is C=CCOc1cccc2oc(C(=O)OCC)c(C)c12. The first-order valence-electron chi connectivity index (χ1n) is 6.12. The molecule has 2 aromatic rings. The minimum atomic E-state index is -0.453. The molecule has 0 N–H and O–H groups in total. The summed E-state index contributed by atoms with van der Waals surface area (Å²) in [5.41, 5.74) is 1.34. The number of ether oxygens (including phenoxy) is 2. The Hall–Kier alpha value is -2.23. The number of hydrogen-bond acceptors (Lipinski definition) is 4. The van der Waals surface area contributed by atoms with Gasteiger partial charge in [-0.1, -0.05) is 18.7 Å². The molecule has 0 radical (unpaired) electrons. The number of aryl methyl sites for hydroxylation is 1. The van der Waals surface area contributed by atoms with Crippen LogP contribution in [-0.4, -0.2) is 19.2 Å². The van der Waals surface area contributed by atoms with Gasteiger partial charge in [-0.25, -0.2) is 4.79 Å². The quantitative estimate of drug-likeness (QED) is 0.610. The third kappa shape index (κ3) is 2.47. The molecule has 1 heterocycles. The smallest absolute Gasteiger partial charge is 0.374 e. The van der Waals surface area contributed by atoms with Gasteiger partial charge in [-0.3, -0.25) is 0 Å². The summed E-state index contributed by atoms with van der Waals surface area (Å²) in [6.45, 7) is 7.91. The van der Waals surface area contributed by atoms with E-state index in [1.807, 2.05) is 19.1 Å². The predicted molar refractivity (Wildman–Crippen MR) is 72.6 cm³/mol. The zero-order chi connectivity index (χ0) is 13.8. The molecule has 0 atom stereocenters. The zero-order valence-electron chi connectivity index (χ0n) is 11.1.